The molecule has 0 aromatic heterocycles. The number of likely N-dealkylation sites (tertiary alicyclic amines) is 1. The van der Waals surface area contributed by atoms with Gasteiger partial charge in [-0.25, -0.2) is 0 Å². The van der Waals surface area contributed by atoms with Gasteiger partial charge in [-0.1, -0.05) is 58.0 Å². The summed E-state index contributed by atoms with van der Waals surface area (Å²) in [6, 6.07) is 8.35. The van der Waals surface area contributed by atoms with Crippen molar-refractivity contribution in [2.45, 2.75) is 95.3 Å². The molecule has 3 heterocycles. The zero-order valence-corrected chi connectivity index (χ0v) is 24.6. The van der Waals surface area contributed by atoms with E-state index >= 15 is 0 Å². The van der Waals surface area contributed by atoms with Crippen LogP contribution in [0.4, 0.5) is 0 Å². The van der Waals surface area contributed by atoms with Gasteiger partial charge in [0.1, 0.15) is 6.04 Å². The molecule has 3 fully saturated rings. The highest BCUT2D eigenvalue weighted by Gasteiger charge is 2.77. The summed E-state index contributed by atoms with van der Waals surface area (Å²) in [4.78, 5) is 43.5. The maximum Gasteiger partial charge on any atom is 0.310 e. The number of aliphatic hydroxyl groups excluding tert-OH is 1. The van der Waals surface area contributed by atoms with Crippen molar-refractivity contribution in [1.29, 1.82) is 0 Å². The summed E-state index contributed by atoms with van der Waals surface area (Å²) < 4.78 is 4.70. The van der Waals surface area contributed by atoms with Crippen LogP contribution in [-0.2, 0) is 25.5 Å². The minimum absolute atomic E-state index is 0.00735. The fraction of sp³-hybridized carbons (Fsp3) is 0.700. The average molecular weight is 545 g/mol. The third-order valence-electron chi connectivity index (χ3n) is 8.34. The van der Waals surface area contributed by atoms with Gasteiger partial charge in [-0.15, -0.1) is 11.8 Å². The summed E-state index contributed by atoms with van der Waals surface area (Å²) in [5, 5.41) is 13.8. The SMILES string of the molecule is CCOC(=O)[C@@H]1[C@@H]2CC(C)C3(S2)C(C(=O)NC(C)(C)CC(C)(C)C)N([C@@H](CO)Cc2ccccc2)C(=O)[C@H]13. The molecule has 38 heavy (non-hydrogen) atoms. The highest BCUT2D eigenvalue weighted by molar-refractivity contribution is 8.02. The molecule has 1 aromatic rings. The van der Waals surface area contributed by atoms with Gasteiger partial charge in [-0.05, 0) is 56.9 Å². The fourth-order valence-corrected chi connectivity index (χ4v) is 9.96. The van der Waals surface area contributed by atoms with E-state index < -0.39 is 34.2 Å². The van der Waals surface area contributed by atoms with Crippen molar-refractivity contribution in [1.82, 2.24) is 10.2 Å². The highest BCUT2D eigenvalue weighted by Crippen LogP contribution is 2.69. The summed E-state index contributed by atoms with van der Waals surface area (Å²) in [5.41, 5.74) is 0.470. The number of carbonyl (C=O) groups is 3. The molecular weight excluding hydrogens is 500 g/mol. The van der Waals surface area contributed by atoms with Crippen molar-refractivity contribution < 1.29 is 24.2 Å². The molecule has 210 valence electrons. The molecule has 8 heteroatoms. The Morgan fingerprint density at radius 3 is 2.45 bits per heavy atom. The lowest BCUT2D eigenvalue weighted by Crippen LogP contribution is -2.61. The average Bonchev–Trinajstić information content (AvgIpc) is 3.40. The van der Waals surface area contributed by atoms with Gasteiger partial charge in [-0.3, -0.25) is 14.4 Å². The summed E-state index contributed by atoms with van der Waals surface area (Å²) in [6.45, 7) is 14.3. The molecule has 1 aromatic carbocycles. The van der Waals surface area contributed by atoms with Crippen LogP contribution >= 0.6 is 11.8 Å². The van der Waals surface area contributed by atoms with E-state index in [1.165, 1.54) is 0 Å². The Labute approximate surface area is 231 Å². The maximum absolute atomic E-state index is 14.3. The Hall–Kier alpha value is -2.06. The third-order valence-corrected chi connectivity index (χ3v) is 10.4. The van der Waals surface area contributed by atoms with Crippen molar-refractivity contribution in [3.63, 3.8) is 0 Å². The van der Waals surface area contributed by atoms with E-state index in [0.29, 0.717) is 6.42 Å². The lowest BCUT2D eigenvalue weighted by atomic mass is 9.66. The van der Waals surface area contributed by atoms with Crippen LogP contribution in [0.25, 0.3) is 0 Å². The fourth-order valence-electron chi connectivity index (χ4n) is 7.57. The number of rotatable bonds is 9. The van der Waals surface area contributed by atoms with Gasteiger partial charge >= 0.3 is 5.97 Å². The lowest BCUT2D eigenvalue weighted by molar-refractivity contribution is -0.154. The maximum atomic E-state index is 14.3. The first-order valence-electron chi connectivity index (χ1n) is 13.9. The quantitative estimate of drug-likeness (QED) is 0.459. The summed E-state index contributed by atoms with van der Waals surface area (Å²) in [5.74, 6) is -1.94. The van der Waals surface area contributed by atoms with E-state index in [2.05, 4.69) is 33.0 Å². The van der Waals surface area contributed by atoms with E-state index in [-0.39, 0.29) is 47.6 Å². The normalized spacial score (nSPS) is 31.3. The minimum Gasteiger partial charge on any atom is -0.466 e. The van der Waals surface area contributed by atoms with E-state index in [0.717, 1.165) is 18.4 Å². The molecule has 0 aliphatic carbocycles. The molecule has 4 rings (SSSR count). The van der Waals surface area contributed by atoms with Crippen LogP contribution in [0.15, 0.2) is 30.3 Å². The zero-order chi connectivity index (χ0) is 28.0. The smallest absolute Gasteiger partial charge is 0.310 e. The Morgan fingerprint density at radius 1 is 1.21 bits per heavy atom. The van der Waals surface area contributed by atoms with Crippen LogP contribution in [-0.4, -0.2) is 68.6 Å². The Kier molecular flexibility index (Phi) is 7.99. The predicted octanol–water partition coefficient (Wildman–Crippen LogP) is 3.82. The van der Waals surface area contributed by atoms with E-state index in [4.69, 9.17) is 4.74 Å². The number of fused-ring (bicyclic) bond motifs is 1. The minimum atomic E-state index is -0.787. The van der Waals surface area contributed by atoms with E-state index in [1.807, 2.05) is 44.2 Å². The first-order chi connectivity index (χ1) is 17.8. The van der Waals surface area contributed by atoms with Gasteiger partial charge in [0.05, 0.1) is 35.8 Å². The number of hydrogen-bond donors (Lipinski definition) is 2. The number of nitrogens with zero attached hydrogens (tertiary/aromatic N) is 1. The predicted molar refractivity (Wildman–Crippen MR) is 149 cm³/mol. The highest BCUT2D eigenvalue weighted by atomic mass is 32.2. The molecule has 7 atom stereocenters. The van der Waals surface area contributed by atoms with Crippen LogP contribution in [0.3, 0.4) is 0 Å². The molecule has 3 aliphatic heterocycles. The number of ether oxygens (including phenoxy) is 1. The van der Waals surface area contributed by atoms with Gasteiger partial charge in [0.25, 0.3) is 0 Å². The Morgan fingerprint density at radius 2 is 1.87 bits per heavy atom. The van der Waals surface area contributed by atoms with Gasteiger partial charge in [-0.2, -0.15) is 0 Å². The van der Waals surface area contributed by atoms with Crippen LogP contribution in [0.5, 0.6) is 0 Å². The first-order valence-corrected chi connectivity index (χ1v) is 14.8. The zero-order valence-electron chi connectivity index (χ0n) is 23.8. The molecule has 2 amide bonds. The van der Waals surface area contributed by atoms with Crippen LogP contribution in [0.1, 0.15) is 66.9 Å². The van der Waals surface area contributed by atoms with Gasteiger partial charge in [0.15, 0.2) is 0 Å². The number of thioether (sulfide) groups is 1. The molecule has 3 unspecified atom stereocenters. The van der Waals surface area contributed by atoms with Crippen LogP contribution in [0, 0.1) is 23.2 Å². The summed E-state index contributed by atoms with van der Waals surface area (Å²) in [6.07, 6.45) is 1.93. The van der Waals surface area contributed by atoms with E-state index in [1.54, 1.807) is 23.6 Å². The Balaban J connectivity index is 1.77. The van der Waals surface area contributed by atoms with Crippen LogP contribution in [0.2, 0.25) is 0 Å². The molecule has 0 saturated carbocycles. The van der Waals surface area contributed by atoms with Crippen molar-refractivity contribution in [2.24, 2.45) is 23.2 Å². The van der Waals surface area contributed by atoms with Crippen molar-refractivity contribution in [3.8, 4) is 0 Å². The van der Waals surface area contributed by atoms with Crippen molar-refractivity contribution >= 4 is 29.5 Å². The van der Waals surface area contributed by atoms with Gasteiger partial charge < -0.3 is 20.1 Å². The summed E-state index contributed by atoms with van der Waals surface area (Å²) >= 11 is 1.63. The van der Waals surface area contributed by atoms with Crippen molar-refractivity contribution in [2.75, 3.05) is 13.2 Å². The monoisotopic (exact) mass is 544 g/mol. The standard InChI is InChI=1S/C30H44N2O5S/c1-8-37-27(36)22-21-14-18(2)30(38-21)23(22)26(35)32(20(16-33)15-19-12-10-9-11-13-19)24(30)25(34)31-29(6,7)17-28(3,4)5/h9-13,18,20-24,33H,8,14-17H2,1-7H3,(H,31,34)/t18?,20-,21+,22-,23+,24?,30?/m1/s1. The lowest BCUT2D eigenvalue weighted by Gasteiger charge is -2.42. The number of aliphatic hydroxyl groups is 1. The third kappa shape index (κ3) is 5.10. The van der Waals surface area contributed by atoms with Crippen LogP contribution < -0.4 is 5.32 Å². The molecule has 0 radical (unpaired) electrons. The second kappa shape index (κ2) is 10.5. The van der Waals surface area contributed by atoms with Crippen molar-refractivity contribution in [3.05, 3.63) is 35.9 Å². The Bertz CT molecular complexity index is 1050. The number of hydrogen-bond acceptors (Lipinski definition) is 6. The molecule has 2 N–H and O–H groups in total. The molecule has 3 aliphatic rings. The molecule has 3 saturated heterocycles. The topological polar surface area (TPSA) is 95.9 Å². The summed E-state index contributed by atoms with van der Waals surface area (Å²) in [7, 11) is 0. The van der Waals surface area contributed by atoms with Gasteiger partial charge in [0, 0.05) is 10.8 Å². The second-order valence-electron chi connectivity index (χ2n) is 13.2. The van der Waals surface area contributed by atoms with Gasteiger partial charge in [0.2, 0.25) is 11.8 Å². The number of nitrogens with one attached hydrogen (secondary N) is 1. The number of amides is 2. The molecular formula is C30H44N2O5S. The molecule has 2 bridgehead atoms. The van der Waals surface area contributed by atoms with E-state index in [9.17, 15) is 19.5 Å². The number of benzene rings is 1. The number of carbonyl (C=O) groups excluding carboxylic acids is 3. The number of esters is 1. The second-order valence-corrected chi connectivity index (χ2v) is 14.7. The molecule has 1 spiro atoms. The largest absolute Gasteiger partial charge is 0.466 e. The molecule has 7 nitrogen and oxygen atoms in total. The first kappa shape index (κ1) is 28.9.